The molecule has 7 heteroatoms. The number of rotatable bonds is 4. The van der Waals surface area contributed by atoms with Gasteiger partial charge >= 0.3 is 7.12 Å². The first kappa shape index (κ1) is 17.2. The number of hydrogen-bond acceptors (Lipinski definition) is 6. The van der Waals surface area contributed by atoms with Gasteiger partial charge in [0, 0.05) is 32.7 Å². The van der Waals surface area contributed by atoms with E-state index in [0.29, 0.717) is 18.7 Å². The molecule has 1 fully saturated rings. The smallest absolute Gasteiger partial charge is 0.486 e. The van der Waals surface area contributed by atoms with Crippen LogP contribution in [-0.4, -0.2) is 61.5 Å². The van der Waals surface area contributed by atoms with Crippen molar-refractivity contribution < 1.29 is 19.5 Å². The Morgan fingerprint density at radius 3 is 2.50 bits per heavy atom. The van der Waals surface area contributed by atoms with Crippen molar-refractivity contribution in [2.45, 2.75) is 6.54 Å². The summed E-state index contributed by atoms with van der Waals surface area (Å²) in [5.74, 6) is 1.69. The van der Waals surface area contributed by atoms with E-state index in [0.717, 1.165) is 55.5 Å². The standard InChI is InChI=1S/C19H23BN2O4/c23-20(24)16-4-1-3-15(13-16)14-21-7-9-22(10-8-21)17-5-2-6-18-19(17)26-12-11-25-18/h1-6,13,23-24H,7-12,14H2. The van der Waals surface area contributed by atoms with Crippen LogP contribution < -0.4 is 19.8 Å². The van der Waals surface area contributed by atoms with Crippen LogP contribution in [-0.2, 0) is 6.54 Å². The molecule has 0 radical (unpaired) electrons. The third-order valence-corrected chi connectivity index (χ3v) is 4.91. The third kappa shape index (κ3) is 3.65. The van der Waals surface area contributed by atoms with Crippen molar-refractivity contribution in [3.05, 3.63) is 48.0 Å². The molecule has 2 aromatic carbocycles. The second-order valence-corrected chi connectivity index (χ2v) is 6.68. The number of hydrogen-bond donors (Lipinski definition) is 2. The lowest BCUT2D eigenvalue weighted by molar-refractivity contribution is 0.171. The molecule has 0 unspecified atom stereocenters. The molecule has 26 heavy (non-hydrogen) atoms. The largest absolute Gasteiger partial charge is 0.488 e. The predicted molar refractivity (Wildman–Crippen MR) is 101 cm³/mol. The first-order valence-electron chi connectivity index (χ1n) is 9.01. The fourth-order valence-corrected chi connectivity index (χ4v) is 3.56. The highest BCUT2D eigenvalue weighted by Gasteiger charge is 2.23. The van der Waals surface area contributed by atoms with Gasteiger partial charge in [0.25, 0.3) is 0 Å². The minimum Gasteiger partial charge on any atom is -0.486 e. The maximum absolute atomic E-state index is 9.32. The number of piperazine rings is 1. The molecule has 2 aliphatic rings. The first-order chi connectivity index (χ1) is 12.7. The number of anilines is 1. The van der Waals surface area contributed by atoms with Crippen LogP contribution >= 0.6 is 0 Å². The number of fused-ring (bicyclic) bond motifs is 1. The van der Waals surface area contributed by atoms with E-state index in [1.807, 2.05) is 30.3 Å². The first-order valence-corrected chi connectivity index (χ1v) is 9.01. The van der Waals surface area contributed by atoms with E-state index in [-0.39, 0.29) is 0 Å². The van der Waals surface area contributed by atoms with Gasteiger partial charge in [0.1, 0.15) is 13.2 Å². The summed E-state index contributed by atoms with van der Waals surface area (Å²) in [6, 6.07) is 13.5. The molecule has 0 bridgehead atoms. The van der Waals surface area contributed by atoms with E-state index in [2.05, 4.69) is 15.9 Å². The zero-order valence-electron chi connectivity index (χ0n) is 14.7. The molecule has 2 aromatic rings. The summed E-state index contributed by atoms with van der Waals surface area (Å²) in [7, 11) is -1.42. The summed E-state index contributed by atoms with van der Waals surface area (Å²) in [5.41, 5.74) is 2.74. The quantitative estimate of drug-likeness (QED) is 0.778. The van der Waals surface area contributed by atoms with E-state index in [1.54, 1.807) is 6.07 Å². The van der Waals surface area contributed by atoms with Crippen LogP contribution in [0.25, 0.3) is 0 Å². The van der Waals surface area contributed by atoms with Crippen molar-refractivity contribution in [3.63, 3.8) is 0 Å². The van der Waals surface area contributed by atoms with Crippen molar-refractivity contribution in [1.82, 2.24) is 4.90 Å². The monoisotopic (exact) mass is 354 g/mol. The molecule has 4 rings (SSSR count). The van der Waals surface area contributed by atoms with E-state index < -0.39 is 7.12 Å². The molecule has 0 amide bonds. The zero-order chi connectivity index (χ0) is 17.9. The van der Waals surface area contributed by atoms with Gasteiger partial charge in [-0.2, -0.15) is 0 Å². The van der Waals surface area contributed by atoms with Crippen LogP contribution in [0.3, 0.4) is 0 Å². The van der Waals surface area contributed by atoms with E-state index in [1.165, 1.54) is 0 Å². The Hall–Kier alpha value is -2.22. The summed E-state index contributed by atoms with van der Waals surface area (Å²) in [5, 5.41) is 18.6. The van der Waals surface area contributed by atoms with Crippen LogP contribution in [0.1, 0.15) is 5.56 Å². The van der Waals surface area contributed by atoms with Gasteiger partial charge in [0.15, 0.2) is 11.5 Å². The van der Waals surface area contributed by atoms with Crippen molar-refractivity contribution >= 4 is 18.3 Å². The van der Waals surface area contributed by atoms with E-state index >= 15 is 0 Å². The molecule has 2 aliphatic heterocycles. The molecule has 2 N–H and O–H groups in total. The van der Waals surface area contributed by atoms with Crippen LogP contribution in [0.5, 0.6) is 11.5 Å². The van der Waals surface area contributed by atoms with Crippen LogP contribution in [0.15, 0.2) is 42.5 Å². The molecule has 0 atom stereocenters. The summed E-state index contributed by atoms with van der Waals surface area (Å²) in [6.45, 7) is 5.72. The lowest BCUT2D eigenvalue weighted by atomic mass is 9.79. The topological polar surface area (TPSA) is 65.4 Å². The number of ether oxygens (including phenoxy) is 2. The Kier molecular flexibility index (Phi) is 5.01. The summed E-state index contributed by atoms with van der Waals surface area (Å²) in [6.07, 6.45) is 0. The molecule has 1 saturated heterocycles. The van der Waals surface area contributed by atoms with Gasteiger partial charge in [-0.1, -0.05) is 30.3 Å². The highest BCUT2D eigenvalue weighted by Crippen LogP contribution is 2.39. The highest BCUT2D eigenvalue weighted by atomic mass is 16.6. The minimum absolute atomic E-state index is 0.536. The van der Waals surface area contributed by atoms with Crippen molar-refractivity contribution in [2.75, 3.05) is 44.3 Å². The second-order valence-electron chi connectivity index (χ2n) is 6.68. The Bertz CT molecular complexity index is 763. The Morgan fingerprint density at radius 2 is 1.69 bits per heavy atom. The SMILES string of the molecule is OB(O)c1cccc(CN2CCN(c3cccc4c3OCCO4)CC2)c1. The van der Waals surface area contributed by atoms with Crippen LogP contribution in [0.2, 0.25) is 0 Å². The average molecular weight is 354 g/mol. The van der Waals surface area contributed by atoms with Crippen LogP contribution in [0, 0.1) is 0 Å². The lowest BCUT2D eigenvalue weighted by Gasteiger charge is -2.37. The number of para-hydroxylation sites is 1. The van der Waals surface area contributed by atoms with Gasteiger partial charge in [0.2, 0.25) is 0 Å². The zero-order valence-corrected chi connectivity index (χ0v) is 14.7. The predicted octanol–water partition coefficient (Wildman–Crippen LogP) is 0.460. The number of benzene rings is 2. The van der Waals surface area contributed by atoms with E-state index in [9.17, 15) is 10.0 Å². The average Bonchev–Trinajstić information content (AvgIpc) is 2.68. The maximum Gasteiger partial charge on any atom is 0.488 e. The molecule has 0 saturated carbocycles. The third-order valence-electron chi connectivity index (χ3n) is 4.91. The molecule has 2 heterocycles. The van der Waals surface area contributed by atoms with Gasteiger partial charge < -0.3 is 24.4 Å². The van der Waals surface area contributed by atoms with Gasteiger partial charge in [-0.25, -0.2) is 0 Å². The van der Waals surface area contributed by atoms with Crippen molar-refractivity contribution in [3.8, 4) is 11.5 Å². The summed E-state index contributed by atoms with van der Waals surface area (Å²) in [4.78, 5) is 4.73. The lowest BCUT2D eigenvalue weighted by Crippen LogP contribution is -2.46. The van der Waals surface area contributed by atoms with Gasteiger partial charge in [-0.15, -0.1) is 0 Å². The normalized spacial score (nSPS) is 17.2. The minimum atomic E-state index is -1.42. The van der Waals surface area contributed by atoms with E-state index in [4.69, 9.17) is 9.47 Å². The molecular formula is C19H23BN2O4. The molecular weight excluding hydrogens is 331 g/mol. The molecule has 6 nitrogen and oxygen atoms in total. The summed E-state index contributed by atoms with van der Waals surface area (Å²) < 4.78 is 11.5. The highest BCUT2D eigenvalue weighted by molar-refractivity contribution is 6.58. The molecule has 136 valence electrons. The van der Waals surface area contributed by atoms with Gasteiger partial charge in [-0.3, -0.25) is 4.90 Å². The van der Waals surface area contributed by atoms with Crippen molar-refractivity contribution in [1.29, 1.82) is 0 Å². The Labute approximate surface area is 153 Å². The molecule has 0 aromatic heterocycles. The Balaban J connectivity index is 1.40. The fraction of sp³-hybridized carbons (Fsp3) is 0.368. The summed E-state index contributed by atoms with van der Waals surface area (Å²) >= 11 is 0. The second kappa shape index (κ2) is 7.57. The van der Waals surface area contributed by atoms with Crippen molar-refractivity contribution in [2.24, 2.45) is 0 Å². The maximum atomic E-state index is 9.32. The number of nitrogens with zero attached hydrogens (tertiary/aromatic N) is 2. The molecule has 0 spiro atoms. The molecule has 0 aliphatic carbocycles. The van der Waals surface area contributed by atoms with Crippen LogP contribution in [0.4, 0.5) is 5.69 Å². The fourth-order valence-electron chi connectivity index (χ4n) is 3.56. The van der Waals surface area contributed by atoms with Gasteiger partial charge in [-0.05, 0) is 23.2 Å². The van der Waals surface area contributed by atoms with Gasteiger partial charge in [0.05, 0.1) is 5.69 Å². The Morgan fingerprint density at radius 1 is 0.923 bits per heavy atom.